The number of rotatable bonds is 8. The molecular weight excluding hydrogens is 360 g/mol. The first kappa shape index (κ1) is 18.0. The van der Waals surface area contributed by atoms with Crippen molar-refractivity contribution in [3.63, 3.8) is 0 Å². The predicted molar refractivity (Wildman–Crippen MR) is 82.4 cm³/mol. The molecule has 7 nitrogen and oxygen atoms in total. The van der Waals surface area contributed by atoms with Crippen LogP contribution in [0.1, 0.15) is 17.8 Å². The van der Waals surface area contributed by atoms with Crippen LogP contribution in [-0.4, -0.2) is 42.6 Å². The van der Waals surface area contributed by atoms with Gasteiger partial charge in [-0.2, -0.15) is 0 Å². The highest BCUT2D eigenvalue weighted by Crippen LogP contribution is 2.15. The molecule has 1 aromatic heterocycles. The number of nitrogens with zero attached hydrogens (tertiary/aromatic N) is 1. The van der Waals surface area contributed by atoms with Crippen molar-refractivity contribution in [3.05, 3.63) is 15.0 Å². The van der Waals surface area contributed by atoms with Crippen molar-refractivity contribution in [1.82, 2.24) is 10.3 Å². The number of carbonyl (C=O) groups is 2. The number of nitrogens with two attached hydrogens (primary N) is 1. The van der Waals surface area contributed by atoms with Gasteiger partial charge in [0.05, 0.1) is 18.2 Å². The summed E-state index contributed by atoms with van der Waals surface area (Å²) in [6.45, 7) is 0.455. The number of halogens is 1. The van der Waals surface area contributed by atoms with E-state index in [9.17, 15) is 9.59 Å². The standard InChI is InChI=1S/C12H19BrN4O3S/c1-20-12(19)7(14)3-2-4-16-11(18)8(15)5-10-17-9(13)6-21-10/h6-8H,2-5,14-15H2,1H3,(H,16,18)/p+1/t7-,8-/m0/s1. The zero-order chi connectivity index (χ0) is 15.8. The third kappa shape index (κ3) is 6.51. The predicted octanol–water partition coefficient (Wildman–Crippen LogP) is -0.545. The minimum Gasteiger partial charge on any atom is -0.465 e. The van der Waals surface area contributed by atoms with Gasteiger partial charge < -0.3 is 21.5 Å². The van der Waals surface area contributed by atoms with Crippen LogP contribution >= 0.6 is 27.3 Å². The summed E-state index contributed by atoms with van der Waals surface area (Å²) in [5.41, 5.74) is 9.52. The molecule has 0 bridgehead atoms. The first-order valence-corrected chi connectivity index (χ1v) is 8.15. The van der Waals surface area contributed by atoms with Crippen LogP contribution in [0.3, 0.4) is 0 Å². The largest absolute Gasteiger partial charge is 0.465 e. The molecule has 0 radical (unpaired) electrons. The first-order chi connectivity index (χ1) is 9.93. The van der Waals surface area contributed by atoms with Gasteiger partial charge in [-0.05, 0) is 22.4 Å². The first-order valence-electron chi connectivity index (χ1n) is 6.48. The number of methoxy groups -OCH3 is 1. The van der Waals surface area contributed by atoms with E-state index in [-0.39, 0.29) is 11.9 Å². The highest BCUT2D eigenvalue weighted by atomic mass is 79.9. The maximum atomic E-state index is 11.8. The third-order valence-corrected chi connectivity index (χ3v) is 4.40. The smallest absolute Gasteiger partial charge is 0.364 e. The molecule has 9 heteroatoms. The fraction of sp³-hybridized carbons (Fsp3) is 0.583. The van der Waals surface area contributed by atoms with E-state index in [0.29, 0.717) is 25.8 Å². The van der Waals surface area contributed by atoms with Crippen LogP contribution in [0.2, 0.25) is 0 Å². The SMILES string of the molecule is COC(=O)[C@@H]([NH3+])CCCNC(=O)[C@@H](N)Cc1nc(Br)cs1. The molecule has 2 atom stereocenters. The quantitative estimate of drug-likeness (QED) is 0.413. The molecule has 0 aromatic carbocycles. The van der Waals surface area contributed by atoms with Crippen molar-refractivity contribution in [2.75, 3.05) is 13.7 Å². The van der Waals surface area contributed by atoms with Crippen molar-refractivity contribution < 1.29 is 20.1 Å². The van der Waals surface area contributed by atoms with E-state index in [1.165, 1.54) is 18.4 Å². The fourth-order valence-corrected chi connectivity index (χ4v) is 2.96. The number of hydrogen-bond donors (Lipinski definition) is 3. The lowest BCUT2D eigenvalue weighted by atomic mass is 10.1. The van der Waals surface area contributed by atoms with Crippen molar-refractivity contribution >= 4 is 39.1 Å². The second-order valence-corrected chi connectivity index (χ2v) is 6.28. The topological polar surface area (TPSA) is 122 Å². The summed E-state index contributed by atoms with van der Waals surface area (Å²) in [7, 11) is 1.33. The van der Waals surface area contributed by atoms with Crippen molar-refractivity contribution in [3.8, 4) is 0 Å². The van der Waals surface area contributed by atoms with Gasteiger partial charge in [-0.3, -0.25) is 4.79 Å². The van der Waals surface area contributed by atoms with E-state index in [2.05, 4.69) is 36.7 Å². The average Bonchev–Trinajstić information content (AvgIpc) is 2.87. The van der Waals surface area contributed by atoms with Gasteiger partial charge in [0.2, 0.25) is 5.91 Å². The molecule has 0 saturated carbocycles. The molecule has 1 amide bonds. The lowest BCUT2D eigenvalue weighted by Crippen LogP contribution is -2.65. The van der Waals surface area contributed by atoms with Crippen LogP contribution in [0.25, 0.3) is 0 Å². The monoisotopic (exact) mass is 379 g/mol. The van der Waals surface area contributed by atoms with E-state index < -0.39 is 12.1 Å². The summed E-state index contributed by atoms with van der Waals surface area (Å²) >= 11 is 4.71. The lowest BCUT2D eigenvalue weighted by Gasteiger charge is -2.11. The van der Waals surface area contributed by atoms with Gasteiger partial charge in [0, 0.05) is 24.8 Å². The number of nitrogens with one attached hydrogen (secondary N) is 1. The van der Waals surface area contributed by atoms with Gasteiger partial charge in [-0.1, -0.05) is 0 Å². The number of aromatic nitrogens is 1. The molecule has 0 aliphatic heterocycles. The summed E-state index contributed by atoms with van der Waals surface area (Å²) < 4.78 is 5.33. The summed E-state index contributed by atoms with van der Waals surface area (Å²) in [5.74, 6) is -0.563. The molecule has 0 aliphatic carbocycles. The Labute approximate surface area is 135 Å². The molecule has 0 spiro atoms. The van der Waals surface area contributed by atoms with Gasteiger partial charge in [-0.25, -0.2) is 9.78 Å². The maximum absolute atomic E-state index is 11.8. The van der Waals surface area contributed by atoms with Crippen LogP contribution in [0.5, 0.6) is 0 Å². The second kappa shape index (κ2) is 9.08. The average molecular weight is 380 g/mol. The second-order valence-electron chi connectivity index (χ2n) is 4.53. The summed E-state index contributed by atoms with van der Waals surface area (Å²) in [6, 6.07) is -1.03. The van der Waals surface area contributed by atoms with Gasteiger partial charge >= 0.3 is 5.97 Å². The Morgan fingerprint density at radius 2 is 2.33 bits per heavy atom. The van der Waals surface area contributed by atoms with E-state index in [4.69, 9.17) is 5.73 Å². The van der Waals surface area contributed by atoms with Crippen LogP contribution in [0.15, 0.2) is 9.98 Å². The molecule has 21 heavy (non-hydrogen) atoms. The van der Waals surface area contributed by atoms with Crippen LogP contribution in [0.4, 0.5) is 0 Å². The van der Waals surface area contributed by atoms with Gasteiger partial charge in [-0.15, -0.1) is 11.3 Å². The zero-order valence-corrected chi connectivity index (χ0v) is 14.2. The zero-order valence-electron chi connectivity index (χ0n) is 11.8. The van der Waals surface area contributed by atoms with Gasteiger partial charge in [0.1, 0.15) is 4.60 Å². The highest BCUT2D eigenvalue weighted by molar-refractivity contribution is 9.10. The number of carbonyl (C=O) groups excluding carboxylic acids is 2. The Bertz CT molecular complexity index is 483. The molecule has 0 aliphatic rings. The summed E-state index contributed by atoms with van der Waals surface area (Å²) in [6.07, 6.45) is 1.61. The number of ether oxygens (including phenoxy) is 1. The highest BCUT2D eigenvalue weighted by Gasteiger charge is 2.18. The minimum atomic E-state index is -0.626. The Balaban J connectivity index is 2.22. The number of esters is 1. The molecule has 1 heterocycles. The fourth-order valence-electron chi connectivity index (χ4n) is 1.64. The Hall–Kier alpha value is -1.03. The summed E-state index contributed by atoms with van der Waals surface area (Å²) in [5, 5.41) is 5.40. The Morgan fingerprint density at radius 3 is 2.90 bits per heavy atom. The minimum absolute atomic E-state index is 0.222. The number of amides is 1. The number of quaternary nitrogens is 1. The Morgan fingerprint density at radius 1 is 1.62 bits per heavy atom. The lowest BCUT2D eigenvalue weighted by molar-refractivity contribution is -0.409. The molecule has 1 rings (SSSR count). The molecule has 0 saturated heterocycles. The number of hydrogen-bond acceptors (Lipinski definition) is 6. The molecular formula is C12H20BrN4O3S+. The Kier molecular flexibility index (Phi) is 7.79. The van der Waals surface area contributed by atoms with E-state index >= 15 is 0 Å². The van der Waals surface area contributed by atoms with Crippen molar-refractivity contribution in [2.45, 2.75) is 31.3 Å². The van der Waals surface area contributed by atoms with Gasteiger partial charge in [0.15, 0.2) is 6.04 Å². The summed E-state index contributed by atoms with van der Waals surface area (Å²) in [4.78, 5) is 27.2. The van der Waals surface area contributed by atoms with Gasteiger partial charge in [0.25, 0.3) is 0 Å². The number of thiazole rings is 1. The molecule has 0 fully saturated rings. The third-order valence-electron chi connectivity index (χ3n) is 2.82. The van der Waals surface area contributed by atoms with Crippen LogP contribution < -0.4 is 16.8 Å². The molecule has 0 unspecified atom stereocenters. The molecule has 6 N–H and O–H groups in total. The van der Waals surface area contributed by atoms with Crippen LogP contribution in [0, 0.1) is 0 Å². The van der Waals surface area contributed by atoms with E-state index in [0.717, 1.165) is 9.61 Å². The molecule has 1 aromatic rings. The van der Waals surface area contributed by atoms with Crippen LogP contribution in [-0.2, 0) is 20.7 Å². The van der Waals surface area contributed by atoms with E-state index in [1.807, 2.05) is 5.38 Å². The normalized spacial score (nSPS) is 13.5. The van der Waals surface area contributed by atoms with Crippen molar-refractivity contribution in [1.29, 1.82) is 0 Å². The maximum Gasteiger partial charge on any atom is 0.364 e. The van der Waals surface area contributed by atoms with Crippen molar-refractivity contribution in [2.24, 2.45) is 5.73 Å². The van der Waals surface area contributed by atoms with E-state index in [1.54, 1.807) is 0 Å². The molecule has 118 valence electrons.